The van der Waals surface area contributed by atoms with Crippen molar-refractivity contribution in [3.63, 3.8) is 0 Å². The average molecular weight is 433 g/mol. The first-order valence-electron chi connectivity index (χ1n) is 10.6. The molecule has 0 bridgehead atoms. The van der Waals surface area contributed by atoms with Crippen LogP contribution in [0.3, 0.4) is 0 Å². The molecule has 1 unspecified atom stereocenters. The molecule has 31 heavy (non-hydrogen) atoms. The Morgan fingerprint density at radius 3 is 2.90 bits per heavy atom. The molecule has 0 saturated heterocycles. The predicted octanol–water partition coefficient (Wildman–Crippen LogP) is 5.19. The highest BCUT2D eigenvalue weighted by Crippen LogP contribution is 2.33. The Hall–Kier alpha value is -3.19. The van der Waals surface area contributed by atoms with Gasteiger partial charge in [0.05, 0.1) is 17.1 Å². The zero-order chi connectivity index (χ0) is 21.2. The van der Waals surface area contributed by atoms with E-state index in [1.54, 1.807) is 11.3 Å². The van der Waals surface area contributed by atoms with E-state index in [2.05, 4.69) is 17.6 Å². The molecule has 1 aromatic heterocycles. The second kappa shape index (κ2) is 8.51. The number of ether oxygens (including phenoxy) is 1. The number of rotatable bonds is 3. The van der Waals surface area contributed by atoms with Gasteiger partial charge in [-0.05, 0) is 61.9 Å². The average Bonchev–Trinajstić information content (AvgIpc) is 3.16. The normalized spacial score (nSPS) is 20.3. The molecule has 7 heteroatoms. The van der Waals surface area contributed by atoms with Gasteiger partial charge in [0.1, 0.15) is 5.75 Å². The fraction of sp³-hybridized carbons (Fsp3) is 0.292. The number of aromatic nitrogens is 1. The first kappa shape index (κ1) is 19.8. The van der Waals surface area contributed by atoms with Crippen LogP contribution in [0.4, 0.5) is 11.4 Å². The van der Waals surface area contributed by atoms with Crippen molar-refractivity contribution in [2.45, 2.75) is 32.6 Å². The number of thiazole rings is 1. The number of fused-ring (bicyclic) bond motifs is 1. The Kier molecular flexibility index (Phi) is 5.42. The van der Waals surface area contributed by atoms with Gasteiger partial charge in [-0.15, -0.1) is 11.3 Å². The zero-order valence-electron chi connectivity index (χ0n) is 17.4. The van der Waals surface area contributed by atoms with Crippen molar-refractivity contribution in [3.8, 4) is 17.0 Å². The second-order valence-corrected chi connectivity index (χ2v) is 8.91. The zero-order valence-corrected chi connectivity index (χ0v) is 18.2. The van der Waals surface area contributed by atoms with Gasteiger partial charge in [0, 0.05) is 16.7 Å². The van der Waals surface area contributed by atoms with Gasteiger partial charge in [-0.25, -0.2) is 9.67 Å². The van der Waals surface area contributed by atoms with E-state index in [9.17, 15) is 4.79 Å². The third-order valence-corrected chi connectivity index (χ3v) is 6.38. The van der Waals surface area contributed by atoms with E-state index in [0.29, 0.717) is 17.4 Å². The van der Waals surface area contributed by atoms with Gasteiger partial charge in [0.15, 0.2) is 6.61 Å². The fourth-order valence-corrected chi connectivity index (χ4v) is 4.87. The molecule has 5 rings (SSSR count). The van der Waals surface area contributed by atoms with Crippen LogP contribution < -0.4 is 14.9 Å². The van der Waals surface area contributed by atoms with E-state index in [1.807, 2.05) is 53.2 Å². The lowest BCUT2D eigenvalue weighted by Crippen LogP contribution is -2.25. The molecule has 1 N–H and O–H groups in total. The number of benzene rings is 2. The van der Waals surface area contributed by atoms with E-state index in [4.69, 9.17) is 14.8 Å². The molecule has 2 aliphatic rings. The van der Waals surface area contributed by atoms with Crippen LogP contribution in [0, 0.1) is 5.92 Å². The summed E-state index contributed by atoms with van der Waals surface area (Å²) < 4.78 is 7.47. The van der Waals surface area contributed by atoms with Crippen LogP contribution in [-0.4, -0.2) is 22.9 Å². The van der Waals surface area contributed by atoms with Crippen LogP contribution in [0.1, 0.15) is 32.6 Å². The van der Waals surface area contributed by atoms with Crippen molar-refractivity contribution in [1.82, 2.24) is 4.68 Å². The Morgan fingerprint density at radius 2 is 2.06 bits per heavy atom. The lowest BCUT2D eigenvalue weighted by atomic mass is 9.89. The maximum atomic E-state index is 11.8. The highest BCUT2D eigenvalue weighted by molar-refractivity contribution is 7.07. The van der Waals surface area contributed by atoms with Crippen LogP contribution in [0.15, 0.2) is 64.0 Å². The molecule has 3 aromatic rings. The molecule has 158 valence electrons. The Labute approximate surface area is 184 Å². The van der Waals surface area contributed by atoms with Crippen LogP contribution in [0.5, 0.6) is 5.75 Å². The summed E-state index contributed by atoms with van der Waals surface area (Å²) in [5, 5.41) is 10.0. The number of nitrogens with one attached hydrogen (secondary N) is 1. The number of hydrogen-bond acceptors (Lipinski definition) is 5. The number of amides is 1. The minimum absolute atomic E-state index is 0.0523. The van der Waals surface area contributed by atoms with Crippen LogP contribution in [0.2, 0.25) is 0 Å². The van der Waals surface area contributed by atoms with Gasteiger partial charge in [-0.1, -0.05) is 25.1 Å². The van der Waals surface area contributed by atoms with Gasteiger partial charge in [0.2, 0.25) is 4.80 Å². The standard InChI is InChI=1S/C24H24N4O2S/c1-16-6-5-9-19(12-16)27-28-21(15-31-24(28)25-18-7-3-2-4-8-18)17-10-11-22-20(13-17)26-23(29)14-30-22/h2-4,7-8,10-11,13,15-16H,5-6,9,12,14H2,1H3,(H,26,29). The molecule has 1 aliphatic carbocycles. The summed E-state index contributed by atoms with van der Waals surface area (Å²) in [6.45, 7) is 2.34. The second-order valence-electron chi connectivity index (χ2n) is 8.08. The number of anilines is 1. The largest absolute Gasteiger partial charge is 0.482 e. The molecular weight excluding hydrogens is 408 g/mol. The topological polar surface area (TPSA) is 68.0 Å². The highest BCUT2D eigenvalue weighted by Gasteiger charge is 2.19. The number of nitrogens with zero attached hydrogens (tertiary/aromatic N) is 3. The van der Waals surface area contributed by atoms with Crippen LogP contribution >= 0.6 is 11.3 Å². The fourth-order valence-electron chi connectivity index (χ4n) is 4.02. The smallest absolute Gasteiger partial charge is 0.262 e. The summed E-state index contributed by atoms with van der Waals surface area (Å²) >= 11 is 1.56. The SMILES string of the molecule is CC1CCCC(=Nn2c(-c3ccc4c(c3)NC(=O)CO4)csc2=Nc2ccccc2)C1. The molecule has 0 radical (unpaired) electrons. The van der Waals surface area contributed by atoms with E-state index in [-0.39, 0.29) is 12.5 Å². The molecule has 2 aromatic carbocycles. The number of para-hydroxylation sites is 1. The summed E-state index contributed by atoms with van der Waals surface area (Å²) in [4.78, 5) is 17.4. The van der Waals surface area contributed by atoms with Crippen molar-refractivity contribution in [2.24, 2.45) is 16.0 Å². The molecule has 1 amide bonds. The van der Waals surface area contributed by atoms with E-state index < -0.39 is 0 Å². The van der Waals surface area contributed by atoms with Crippen molar-refractivity contribution in [3.05, 3.63) is 58.7 Å². The molecule has 1 fully saturated rings. The summed E-state index contributed by atoms with van der Waals surface area (Å²) in [5.41, 5.74) is 4.71. The third-order valence-electron chi connectivity index (χ3n) is 5.56. The molecule has 0 spiro atoms. The van der Waals surface area contributed by atoms with E-state index >= 15 is 0 Å². The Bertz CT molecular complexity index is 1210. The van der Waals surface area contributed by atoms with Gasteiger partial charge < -0.3 is 10.1 Å². The first-order chi connectivity index (χ1) is 15.2. The molecule has 6 nitrogen and oxygen atoms in total. The Balaban J connectivity index is 1.62. The lowest BCUT2D eigenvalue weighted by molar-refractivity contribution is -0.118. The van der Waals surface area contributed by atoms with Crippen LogP contribution in [0.25, 0.3) is 11.3 Å². The first-order valence-corrected chi connectivity index (χ1v) is 11.5. The van der Waals surface area contributed by atoms with E-state index in [1.165, 1.54) is 18.6 Å². The summed E-state index contributed by atoms with van der Waals surface area (Å²) in [7, 11) is 0. The van der Waals surface area contributed by atoms with Gasteiger partial charge in [-0.2, -0.15) is 5.10 Å². The van der Waals surface area contributed by atoms with E-state index in [0.717, 1.165) is 34.6 Å². The molecular formula is C24H24N4O2S. The van der Waals surface area contributed by atoms with Gasteiger partial charge >= 0.3 is 0 Å². The monoisotopic (exact) mass is 432 g/mol. The van der Waals surface area contributed by atoms with Crippen molar-refractivity contribution >= 4 is 34.3 Å². The van der Waals surface area contributed by atoms with Crippen molar-refractivity contribution in [2.75, 3.05) is 11.9 Å². The minimum Gasteiger partial charge on any atom is -0.482 e. The summed E-state index contributed by atoms with van der Waals surface area (Å²) in [6.07, 6.45) is 4.46. The highest BCUT2D eigenvalue weighted by atomic mass is 32.1. The third kappa shape index (κ3) is 4.32. The minimum atomic E-state index is -0.140. The van der Waals surface area contributed by atoms with Gasteiger partial charge in [0.25, 0.3) is 5.91 Å². The molecule has 1 atom stereocenters. The maximum Gasteiger partial charge on any atom is 0.262 e. The molecule has 1 aliphatic heterocycles. The molecule has 1 saturated carbocycles. The predicted molar refractivity (Wildman–Crippen MR) is 124 cm³/mol. The van der Waals surface area contributed by atoms with Crippen LogP contribution in [-0.2, 0) is 4.79 Å². The molecule has 2 heterocycles. The van der Waals surface area contributed by atoms with Crippen molar-refractivity contribution < 1.29 is 9.53 Å². The summed E-state index contributed by atoms with van der Waals surface area (Å²) in [5.74, 6) is 1.20. The maximum absolute atomic E-state index is 11.8. The van der Waals surface area contributed by atoms with Gasteiger partial charge in [-0.3, -0.25) is 4.79 Å². The Morgan fingerprint density at radius 1 is 1.19 bits per heavy atom. The number of carbonyl (C=O) groups excluding carboxylic acids is 1. The number of carbonyl (C=O) groups is 1. The summed E-state index contributed by atoms with van der Waals surface area (Å²) in [6, 6.07) is 15.8. The number of hydrogen-bond donors (Lipinski definition) is 1. The quantitative estimate of drug-likeness (QED) is 0.618. The lowest BCUT2D eigenvalue weighted by Gasteiger charge is -2.20. The van der Waals surface area contributed by atoms with Crippen molar-refractivity contribution in [1.29, 1.82) is 0 Å².